The zero-order valence-electron chi connectivity index (χ0n) is 18.7. The van der Waals surface area contributed by atoms with Crippen LogP contribution in [-0.4, -0.2) is 59.9 Å². The third-order valence-corrected chi connectivity index (χ3v) is 6.09. The summed E-state index contributed by atoms with van der Waals surface area (Å²) in [4.78, 5) is 5.11. The predicted octanol–water partition coefficient (Wildman–Crippen LogP) is 4.00. The molecule has 0 bridgehead atoms. The van der Waals surface area contributed by atoms with Gasteiger partial charge in [-0.3, -0.25) is 4.68 Å². The van der Waals surface area contributed by atoms with E-state index in [-0.39, 0.29) is 0 Å². The number of rotatable bonds is 10. The number of hydrogen-bond acceptors (Lipinski definition) is 4. The first-order chi connectivity index (χ1) is 14.1. The lowest BCUT2D eigenvalue weighted by molar-refractivity contribution is 0.153. The highest BCUT2D eigenvalue weighted by Gasteiger charge is 2.20. The summed E-state index contributed by atoms with van der Waals surface area (Å²) in [5, 5.41) is 4.64. The SMILES string of the molecule is CCCn1cc(CN(C)CC2CCN(CCc3ccc(OC)cc3)CC2)c(C)n1. The number of methoxy groups -OCH3 is 1. The largest absolute Gasteiger partial charge is 0.497 e. The molecule has 0 amide bonds. The summed E-state index contributed by atoms with van der Waals surface area (Å²) in [6.07, 6.45) is 7.10. The minimum Gasteiger partial charge on any atom is -0.497 e. The van der Waals surface area contributed by atoms with E-state index < -0.39 is 0 Å². The topological polar surface area (TPSA) is 33.5 Å². The first-order valence-corrected chi connectivity index (χ1v) is 11.1. The lowest BCUT2D eigenvalue weighted by Crippen LogP contribution is -2.38. The van der Waals surface area contributed by atoms with Gasteiger partial charge in [-0.15, -0.1) is 0 Å². The molecule has 5 heteroatoms. The Bertz CT molecular complexity index is 732. The van der Waals surface area contributed by atoms with Crippen molar-refractivity contribution >= 4 is 0 Å². The summed E-state index contributed by atoms with van der Waals surface area (Å²) in [7, 11) is 3.98. The van der Waals surface area contributed by atoms with E-state index in [0.717, 1.165) is 44.1 Å². The van der Waals surface area contributed by atoms with E-state index in [2.05, 4.69) is 70.9 Å². The summed E-state index contributed by atoms with van der Waals surface area (Å²) < 4.78 is 7.34. The molecule has 1 saturated heterocycles. The van der Waals surface area contributed by atoms with Crippen molar-refractivity contribution in [1.82, 2.24) is 19.6 Å². The van der Waals surface area contributed by atoms with E-state index in [1.54, 1.807) is 7.11 Å². The minimum atomic E-state index is 0.809. The molecule has 0 unspecified atom stereocenters. The molecular formula is C24H38N4O. The van der Waals surface area contributed by atoms with Crippen LogP contribution in [0.4, 0.5) is 0 Å². The maximum atomic E-state index is 5.24. The lowest BCUT2D eigenvalue weighted by atomic mass is 9.96. The fourth-order valence-electron chi connectivity index (χ4n) is 4.33. The van der Waals surface area contributed by atoms with Crippen molar-refractivity contribution in [2.45, 2.75) is 52.6 Å². The Kier molecular flexibility index (Phi) is 8.13. The van der Waals surface area contributed by atoms with Gasteiger partial charge in [0.15, 0.2) is 0 Å². The van der Waals surface area contributed by atoms with Gasteiger partial charge in [-0.05, 0) is 76.4 Å². The molecule has 5 nitrogen and oxygen atoms in total. The lowest BCUT2D eigenvalue weighted by Gasteiger charge is -2.34. The smallest absolute Gasteiger partial charge is 0.118 e. The molecule has 29 heavy (non-hydrogen) atoms. The highest BCUT2D eigenvalue weighted by Crippen LogP contribution is 2.20. The third kappa shape index (κ3) is 6.58. The highest BCUT2D eigenvalue weighted by atomic mass is 16.5. The summed E-state index contributed by atoms with van der Waals surface area (Å²) in [6.45, 7) is 11.1. The van der Waals surface area contributed by atoms with Crippen LogP contribution in [0, 0.1) is 12.8 Å². The summed E-state index contributed by atoms with van der Waals surface area (Å²) >= 11 is 0. The van der Waals surface area contributed by atoms with E-state index in [0.29, 0.717) is 0 Å². The predicted molar refractivity (Wildman–Crippen MR) is 119 cm³/mol. The normalized spacial score (nSPS) is 15.9. The molecule has 0 spiro atoms. The van der Waals surface area contributed by atoms with Crippen LogP contribution in [-0.2, 0) is 19.5 Å². The van der Waals surface area contributed by atoms with Crippen LogP contribution in [0.1, 0.15) is 43.0 Å². The second-order valence-electron chi connectivity index (χ2n) is 8.58. The van der Waals surface area contributed by atoms with Gasteiger partial charge >= 0.3 is 0 Å². The number of hydrogen-bond donors (Lipinski definition) is 0. The molecule has 0 radical (unpaired) electrons. The molecule has 1 aromatic carbocycles. The van der Waals surface area contributed by atoms with Gasteiger partial charge in [0, 0.05) is 37.9 Å². The van der Waals surface area contributed by atoms with Crippen molar-refractivity contribution < 1.29 is 4.74 Å². The molecular weight excluding hydrogens is 360 g/mol. The van der Waals surface area contributed by atoms with E-state index in [1.165, 1.54) is 49.3 Å². The number of nitrogens with zero attached hydrogens (tertiary/aromatic N) is 4. The molecule has 0 aliphatic carbocycles. The number of ether oxygens (including phenoxy) is 1. The minimum absolute atomic E-state index is 0.809. The molecule has 0 saturated carbocycles. The summed E-state index contributed by atoms with van der Waals surface area (Å²) in [5.41, 5.74) is 3.95. The first kappa shape index (κ1) is 21.8. The number of likely N-dealkylation sites (tertiary alicyclic amines) is 1. The maximum Gasteiger partial charge on any atom is 0.118 e. The van der Waals surface area contributed by atoms with Crippen LogP contribution in [0.5, 0.6) is 5.75 Å². The highest BCUT2D eigenvalue weighted by molar-refractivity contribution is 5.27. The number of aryl methyl sites for hydroxylation is 2. The van der Waals surface area contributed by atoms with Gasteiger partial charge in [0.2, 0.25) is 0 Å². The average molecular weight is 399 g/mol. The quantitative estimate of drug-likeness (QED) is 0.606. The summed E-state index contributed by atoms with van der Waals surface area (Å²) in [6, 6.07) is 8.49. The second-order valence-corrected chi connectivity index (χ2v) is 8.58. The maximum absolute atomic E-state index is 5.24. The van der Waals surface area contributed by atoms with Crippen molar-refractivity contribution in [3.63, 3.8) is 0 Å². The second kappa shape index (κ2) is 10.8. The van der Waals surface area contributed by atoms with Crippen molar-refractivity contribution in [2.24, 2.45) is 5.92 Å². The van der Waals surface area contributed by atoms with Crippen LogP contribution >= 0.6 is 0 Å². The Balaban J connectivity index is 1.37. The van der Waals surface area contributed by atoms with E-state index in [9.17, 15) is 0 Å². The summed E-state index contributed by atoms with van der Waals surface area (Å²) in [5.74, 6) is 1.75. The van der Waals surface area contributed by atoms with Crippen LogP contribution in [0.15, 0.2) is 30.5 Å². The number of piperidine rings is 1. The van der Waals surface area contributed by atoms with E-state index in [1.807, 2.05) is 0 Å². The van der Waals surface area contributed by atoms with Crippen LogP contribution in [0.3, 0.4) is 0 Å². The van der Waals surface area contributed by atoms with Gasteiger partial charge in [0.05, 0.1) is 12.8 Å². The molecule has 2 heterocycles. The number of benzene rings is 1. The van der Waals surface area contributed by atoms with Gasteiger partial charge in [0.25, 0.3) is 0 Å². The monoisotopic (exact) mass is 398 g/mol. The van der Waals surface area contributed by atoms with Crippen LogP contribution in [0.25, 0.3) is 0 Å². The van der Waals surface area contributed by atoms with Gasteiger partial charge in [-0.1, -0.05) is 19.1 Å². The molecule has 160 valence electrons. The van der Waals surface area contributed by atoms with Gasteiger partial charge < -0.3 is 14.5 Å². The molecule has 1 fully saturated rings. The fourth-order valence-corrected chi connectivity index (χ4v) is 4.33. The third-order valence-electron chi connectivity index (χ3n) is 6.09. The van der Waals surface area contributed by atoms with Crippen molar-refractivity contribution in [3.05, 3.63) is 47.3 Å². The molecule has 1 aliphatic rings. The molecule has 3 rings (SSSR count). The first-order valence-electron chi connectivity index (χ1n) is 11.1. The van der Waals surface area contributed by atoms with Crippen LogP contribution < -0.4 is 4.74 Å². The standard InChI is InChI=1S/C24H38N4O/c1-5-13-28-19-23(20(2)25-28)18-26(3)17-22-11-15-27(16-12-22)14-10-21-6-8-24(29-4)9-7-21/h6-9,19,22H,5,10-18H2,1-4H3. The Morgan fingerprint density at radius 1 is 1.14 bits per heavy atom. The van der Waals surface area contributed by atoms with Crippen molar-refractivity contribution in [3.8, 4) is 5.75 Å². The molecule has 1 aromatic heterocycles. The Morgan fingerprint density at radius 3 is 2.52 bits per heavy atom. The number of aromatic nitrogens is 2. The zero-order valence-corrected chi connectivity index (χ0v) is 18.7. The van der Waals surface area contributed by atoms with Crippen molar-refractivity contribution in [2.75, 3.05) is 40.3 Å². The fraction of sp³-hybridized carbons (Fsp3) is 0.625. The van der Waals surface area contributed by atoms with Gasteiger partial charge in [-0.2, -0.15) is 5.10 Å². The van der Waals surface area contributed by atoms with Gasteiger partial charge in [0.1, 0.15) is 5.75 Å². The van der Waals surface area contributed by atoms with Crippen molar-refractivity contribution in [1.29, 1.82) is 0 Å². The Hall–Kier alpha value is -1.85. The van der Waals surface area contributed by atoms with Gasteiger partial charge in [-0.25, -0.2) is 0 Å². The molecule has 0 atom stereocenters. The Morgan fingerprint density at radius 2 is 1.86 bits per heavy atom. The molecule has 0 N–H and O–H groups in total. The van der Waals surface area contributed by atoms with Crippen LogP contribution in [0.2, 0.25) is 0 Å². The Labute approximate surface area is 176 Å². The zero-order chi connectivity index (χ0) is 20.6. The molecule has 2 aromatic rings. The average Bonchev–Trinajstić information content (AvgIpc) is 3.06. The van der Waals surface area contributed by atoms with E-state index >= 15 is 0 Å². The molecule has 1 aliphatic heterocycles. The van der Waals surface area contributed by atoms with E-state index in [4.69, 9.17) is 4.74 Å².